The largest absolute Gasteiger partial charge is 0.453 e. The van der Waals surface area contributed by atoms with Gasteiger partial charge in [0.2, 0.25) is 0 Å². The summed E-state index contributed by atoms with van der Waals surface area (Å²) in [4.78, 5) is 15.8. The van der Waals surface area contributed by atoms with Crippen LogP contribution in [0.1, 0.15) is 30.9 Å². The molecule has 0 aliphatic rings. The van der Waals surface area contributed by atoms with Crippen molar-refractivity contribution in [2.75, 3.05) is 25.5 Å². The van der Waals surface area contributed by atoms with Crippen molar-refractivity contribution in [2.45, 2.75) is 26.3 Å². The van der Waals surface area contributed by atoms with Crippen molar-refractivity contribution in [3.8, 4) is 0 Å². The fraction of sp³-hybridized carbons (Fsp3) is 0.368. The number of ether oxygens (including phenoxy) is 1. The Labute approximate surface area is 158 Å². The van der Waals surface area contributed by atoms with Crippen LogP contribution < -0.4 is 16.0 Å². The molecule has 0 radical (unpaired) electrons. The molecule has 3 N–H and O–H groups in total. The van der Waals surface area contributed by atoms with Gasteiger partial charge in [0.15, 0.2) is 5.96 Å². The molecule has 0 bridgehead atoms. The Bertz CT molecular complexity index is 699. The lowest BCUT2D eigenvalue weighted by Crippen LogP contribution is -2.39. The summed E-state index contributed by atoms with van der Waals surface area (Å²) in [6.45, 7) is 6.43. The molecule has 0 saturated heterocycles. The van der Waals surface area contributed by atoms with E-state index in [9.17, 15) is 4.79 Å². The van der Waals surface area contributed by atoms with Crippen LogP contribution in [0.3, 0.4) is 0 Å². The molecule has 1 atom stereocenters. The third-order valence-electron chi connectivity index (χ3n) is 3.84. The monoisotopic (exact) mass is 374 g/mol. The highest BCUT2D eigenvalue weighted by atomic mass is 32.1. The molecule has 1 aromatic heterocycles. The number of anilines is 1. The topological polar surface area (TPSA) is 74.8 Å². The average Bonchev–Trinajstić information content (AvgIpc) is 3.19. The van der Waals surface area contributed by atoms with Crippen LogP contribution in [0.4, 0.5) is 10.5 Å². The second kappa shape index (κ2) is 10.5. The SMILES string of the molecule is CCNC(=NCc1ccc(NC(=O)OC)cc1)NCC(C)c1ccsc1. The summed E-state index contributed by atoms with van der Waals surface area (Å²) in [5.74, 6) is 1.22. The van der Waals surface area contributed by atoms with Crippen molar-refractivity contribution < 1.29 is 9.53 Å². The zero-order chi connectivity index (χ0) is 18.8. The van der Waals surface area contributed by atoms with Gasteiger partial charge in [0.25, 0.3) is 0 Å². The number of hydrogen-bond acceptors (Lipinski definition) is 4. The van der Waals surface area contributed by atoms with Gasteiger partial charge in [-0.25, -0.2) is 9.79 Å². The number of carbonyl (C=O) groups excluding carboxylic acids is 1. The van der Waals surface area contributed by atoms with Gasteiger partial charge in [0.05, 0.1) is 13.7 Å². The molecular weight excluding hydrogens is 348 g/mol. The summed E-state index contributed by atoms with van der Waals surface area (Å²) in [7, 11) is 1.34. The van der Waals surface area contributed by atoms with E-state index in [1.807, 2.05) is 31.2 Å². The minimum atomic E-state index is -0.478. The predicted octanol–water partition coefficient (Wildman–Crippen LogP) is 3.79. The summed E-state index contributed by atoms with van der Waals surface area (Å²) in [5, 5.41) is 13.6. The van der Waals surface area contributed by atoms with Gasteiger partial charge in [-0.15, -0.1) is 0 Å². The van der Waals surface area contributed by atoms with Crippen molar-refractivity contribution in [1.82, 2.24) is 10.6 Å². The van der Waals surface area contributed by atoms with E-state index >= 15 is 0 Å². The van der Waals surface area contributed by atoms with Crippen LogP contribution in [-0.2, 0) is 11.3 Å². The summed E-state index contributed by atoms with van der Waals surface area (Å²) < 4.78 is 4.58. The van der Waals surface area contributed by atoms with Crippen molar-refractivity contribution in [3.63, 3.8) is 0 Å². The highest BCUT2D eigenvalue weighted by Gasteiger charge is 2.07. The van der Waals surface area contributed by atoms with Crippen LogP contribution in [-0.4, -0.2) is 32.3 Å². The van der Waals surface area contributed by atoms with Crippen LogP contribution >= 0.6 is 11.3 Å². The van der Waals surface area contributed by atoms with E-state index in [1.54, 1.807) is 11.3 Å². The molecule has 1 unspecified atom stereocenters. The number of thiophene rings is 1. The minimum Gasteiger partial charge on any atom is -0.453 e. The fourth-order valence-electron chi connectivity index (χ4n) is 2.30. The van der Waals surface area contributed by atoms with Crippen LogP contribution in [0, 0.1) is 0 Å². The maximum Gasteiger partial charge on any atom is 0.411 e. The molecule has 1 amide bonds. The van der Waals surface area contributed by atoms with E-state index in [2.05, 4.69) is 49.4 Å². The Balaban J connectivity index is 1.90. The van der Waals surface area contributed by atoms with Gasteiger partial charge in [-0.05, 0) is 52.9 Å². The zero-order valence-electron chi connectivity index (χ0n) is 15.4. The quantitative estimate of drug-likeness (QED) is 0.509. The predicted molar refractivity (Wildman–Crippen MR) is 108 cm³/mol. The van der Waals surface area contributed by atoms with Gasteiger partial charge in [0.1, 0.15) is 0 Å². The smallest absolute Gasteiger partial charge is 0.411 e. The van der Waals surface area contributed by atoms with Crippen LogP contribution in [0.5, 0.6) is 0 Å². The van der Waals surface area contributed by atoms with Crippen LogP contribution in [0.25, 0.3) is 0 Å². The molecule has 2 rings (SSSR count). The number of benzene rings is 1. The number of nitrogens with zero attached hydrogens (tertiary/aromatic N) is 1. The summed E-state index contributed by atoms with van der Waals surface area (Å²) in [6, 6.07) is 9.70. The number of aliphatic imine (C=N–C) groups is 1. The molecule has 1 aromatic carbocycles. The Hall–Kier alpha value is -2.54. The van der Waals surface area contributed by atoms with Crippen LogP contribution in [0.15, 0.2) is 46.1 Å². The number of hydrogen-bond donors (Lipinski definition) is 3. The molecule has 1 heterocycles. The molecule has 0 spiro atoms. The van der Waals surface area contributed by atoms with E-state index in [0.717, 1.165) is 24.6 Å². The Kier molecular flexibility index (Phi) is 7.95. The van der Waals surface area contributed by atoms with Gasteiger partial charge in [-0.1, -0.05) is 19.1 Å². The first-order valence-corrected chi connectivity index (χ1v) is 9.54. The van der Waals surface area contributed by atoms with Crippen molar-refractivity contribution in [1.29, 1.82) is 0 Å². The summed E-state index contributed by atoms with van der Waals surface area (Å²) in [5.41, 5.74) is 3.09. The van der Waals surface area contributed by atoms with E-state index in [0.29, 0.717) is 18.2 Å². The summed E-state index contributed by atoms with van der Waals surface area (Å²) >= 11 is 1.72. The lowest BCUT2D eigenvalue weighted by Gasteiger charge is -2.15. The maximum absolute atomic E-state index is 11.2. The fourth-order valence-corrected chi connectivity index (χ4v) is 3.08. The number of rotatable bonds is 7. The zero-order valence-corrected chi connectivity index (χ0v) is 16.2. The molecule has 6 nitrogen and oxygen atoms in total. The molecule has 2 aromatic rings. The Morgan fingerprint density at radius 2 is 2.00 bits per heavy atom. The van der Waals surface area contributed by atoms with Gasteiger partial charge < -0.3 is 15.4 Å². The van der Waals surface area contributed by atoms with Crippen molar-refractivity contribution in [2.24, 2.45) is 4.99 Å². The molecule has 0 saturated carbocycles. The van der Waals surface area contributed by atoms with Gasteiger partial charge in [-0.3, -0.25) is 5.32 Å². The number of nitrogens with one attached hydrogen (secondary N) is 3. The summed E-state index contributed by atoms with van der Waals surface area (Å²) in [6.07, 6.45) is -0.478. The van der Waals surface area contributed by atoms with Crippen LogP contribution in [0.2, 0.25) is 0 Å². The third-order valence-corrected chi connectivity index (χ3v) is 4.54. The third kappa shape index (κ3) is 6.40. The van der Waals surface area contributed by atoms with Gasteiger partial charge in [0, 0.05) is 18.8 Å². The first kappa shape index (κ1) is 19.8. The van der Waals surface area contributed by atoms with Crippen molar-refractivity contribution in [3.05, 3.63) is 52.2 Å². The number of guanidine groups is 1. The van der Waals surface area contributed by atoms with Crippen molar-refractivity contribution >= 4 is 29.1 Å². The average molecular weight is 375 g/mol. The highest BCUT2D eigenvalue weighted by Crippen LogP contribution is 2.17. The molecule has 0 aliphatic carbocycles. The number of methoxy groups -OCH3 is 1. The molecule has 26 heavy (non-hydrogen) atoms. The highest BCUT2D eigenvalue weighted by molar-refractivity contribution is 7.07. The lowest BCUT2D eigenvalue weighted by atomic mass is 10.1. The molecule has 0 aliphatic heterocycles. The number of carbonyl (C=O) groups is 1. The molecule has 7 heteroatoms. The molecule has 140 valence electrons. The lowest BCUT2D eigenvalue weighted by molar-refractivity contribution is 0.187. The number of amides is 1. The molecule has 0 fully saturated rings. The second-order valence-electron chi connectivity index (χ2n) is 5.85. The van der Waals surface area contributed by atoms with E-state index < -0.39 is 6.09 Å². The first-order chi connectivity index (χ1) is 12.6. The van der Waals surface area contributed by atoms with E-state index in [-0.39, 0.29) is 0 Å². The first-order valence-electron chi connectivity index (χ1n) is 8.60. The molecular formula is C19H26N4O2S. The van der Waals surface area contributed by atoms with Gasteiger partial charge in [-0.2, -0.15) is 11.3 Å². The van der Waals surface area contributed by atoms with E-state index in [4.69, 9.17) is 0 Å². The van der Waals surface area contributed by atoms with E-state index in [1.165, 1.54) is 12.7 Å². The minimum absolute atomic E-state index is 0.425. The Morgan fingerprint density at radius 1 is 1.23 bits per heavy atom. The maximum atomic E-state index is 11.2. The standard InChI is InChI=1S/C19H26N4O2S/c1-4-20-18(21-11-14(2)16-9-10-26-13-16)22-12-15-5-7-17(8-6-15)23-19(24)25-3/h5-10,13-14H,4,11-12H2,1-3H3,(H,23,24)(H2,20,21,22). The normalized spacial score (nSPS) is 12.3. The van der Waals surface area contributed by atoms with Gasteiger partial charge >= 0.3 is 6.09 Å². The Morgan fingerprint density at radius 3 is 2.62 bits per heavy atom. The second-order valence-corrected chi connectivity index (χ2v) is 6.63.